The SMILES string of the molecule is CC1CC(=O)N(CCCN2CCOCC2)C1=O. The highest BCUT2D eigenvalue weighted by molar-refractivity contribution is 6.03. The molecule has 0 saturated carbocycles. The van der Waals surface area contributed by atoms with Crippen molar-refractivity contribution < 1.29 is 14.3 Å². The summed E-state index contributed by atoms with van der Waals surface area (Å²) in [5, 5.41) is 0. The van der Waals surface area contributed by atoms with Gasteiger partial charge < -0.3 is 4.74 Å². The Balaban J connectivity index is 1.71. The van der Waals surface area contributed by atoms with Gasteiger partial charge in [0.1, 0.15) is 0 Å². The van der Waals surface area contributed by atoms with Crippen LogP contribution in [0.1, 0.15) is 19.8 Å². The number of nitrogens with zero attached hydrogens (tertiary/aromatic N) is 2. The highest BCUT2D eigenvalue weighted by Crippen LogP contribution is 2.18. The van der Waals surface area contributed by atoms with Crippen LogP contribution in [0.2, 0.25) is 0 Å². The Hall–Kier alpha value is -0.940. The smallest absolute Gasteiger partial charge is 0.232 e. The van der Waals surface area contributed by atoms with Crippen molar-refractivity contribution in [3.05, 3.63) is 0 Å². The highest BCUT2D eigenvalue weighted by atomic mass is 16.5. The average molecular weight is 240 g/mol. The monoisotopic (exact) mass is 240 g/mol. The molecule has 96 valence electrons. The maximum Gasteiger partial charge on any atom is 0.232 e. The van der Waals surface area contributed by atoms with E-state index in [0.29, 0.717) is 13.0 Å². The van der Waals surface area contributed by atoms with Crippen molar-refractivity contribution in [2.45, 2.75) is 19.8 Å². The van der Waals surface area contributed by atoms with Crippen LogP contribution in [-0.2, 0) is 14.3 Å². The van der Waals surface area contributed by atoms with Gasteiger partial charge in [0.05, 0.1) is 13.2 Å². The molecule has 2 aliphatic heterocycles. The van der Waals surface area contributed by atoms with E-state index in [4.69, 9.17) is 4.74 Å². The molecular weight excluding hydrogens is 220 g/mol. The first-order valence-electron chi connectivity index (χ1n) is 6.33. The van der Waals surface area contributed by atoms with Gasteiger partial charge in [0.15, 0.2) is 0 Å². The summed E-state index contributed by atoms with van der Waals surface area (Å²) in [4.78, 5) is 27.0. The van der Waals surface area contributed by atoms with E-state index in [9.17, 15) is 9.59 Å². The average Bonchev–Trinajstić information content (AvgIpc) is 2.57. The predicted octanol–water partition coefficient (Wildman–Crippen LogP) is 0.104. The lowest BCUT2D eigenvalue weighted by Gasteiger charge is -2.27. The molecule has 2 saturated heterocycles. The van der Waals surface area contributed by atoms with E-state index in [2.05, 4.69) is 4.90 Å². The van der Waals surface area contributed by atoms with E-state index in [0.717, 1.165) is 39.3 Å². The van der Waals surface area contributed by atoms with Crippen molar-refractivity contribution in [3.8, 4) is 0 Å². The second-order valence-corrected chi connectivity index (χ2v) is 4.80. The van der Waals surface area contributed by atoms with Gasteiger partial charge in [0.25, 0.3) is 0 Å². The highest BCUT2D eigenvalue weighted by Gasteiger charge is 2.34. The molecule has 0 N–H and O–H groups in total. The first-order chi connectivity index (χ1) is 8.18. The number of rotatable bonds is 4. The van der Waals surface area contributed by atoms with Crippen LogP contribution in [0.3, 0.4) is 0 Å². The zero-order valence-electron chi connectivity index (χ0n) is 10.4. The van der Waals surface area contributed by atoms with Crippen LogP contribution < -0.4 is 0 Å². The summed E-state index contributed by atoms with van der Waals surface area (Å²) >= 11 is 0. The van der Waals surface area contributed by atoms with Gasteiger partial charge in [0, 0.05) is 38.5 Å². The lowest BCUT2D eigenvalue weighted by Crippen LogP contribution is -2.39. The number of imide groups is 1. The summed E-state index contributed by atoms with van der Waals surface area (Å²) in [5.41, 5.74) is 0. The van der Waals surface area contributed by atoms with Crippen LogP contribution in [0, 0.1) is 5.92 Å². The van der Waals surface area contributed by atoms with Gasteiger partial charge in [-0.25, -0.2) is 0 Å². The number of carbonyl (C=O) groups is 2. The zero-order valence-corrected chi connectivity index (χ0v) is 10.4. The topological polar surface area (TPSA) is 49.9 Å². The van der Waals surface area contributed by atoms with Crippen LogP contribution >= 0.6 is 0 Å². The number of ether oxygens (including phenoxy) is 1. The Morgan fingerprint density at radius 1 is 1.24 bits per heavy atom. The normalized spacial score (nSPS) is 26.9. The van der Waals surface area contributed by atoms with Crippen molar-refractivity contribution in [2.75, 3.05) is 39.4 Å². The number of likely N-dealkylation sites (tertiary alicyclic amines) is 1. The summed E-state index contributed by atoms with van der Waals surface area (Å²) < 4.78 is 5.27. The standard InChI is InChI=1S/C12H20N2O3/c1-10-9-11(15)14(12(10)16)4-2-3-13-5-7-17-8-6-13/h10H,2-9H2,1H3. The second-order valence-electron chi connectivity index (χ2n) is 4.80. The predicted molar refractivity (Wildman–Crippen MR) is 62.4 cm³/mol. The molecule has 0 radical (unpaired) electrons. The molecule has 2 fully saturated rings. The molecule has 0 spiro atoms. The van der Waals surface area contributed by atoms with Crippen LogP contribution in [0.25, 0.3) is 0 Å². The lowest BCUT2D eigenvalue weighted by molar-refractivity contribution is -0.139. The fraction of sp³-hybridized carbons (Fsp3) is 0.833. The molecule has 0 aromatic carbocycles. The van der Waals surface area contributed by atoms with Crippen molar-refractivity contribution in [1.82, 2.24) is 9.80 Å². The fourth-order valence-electron chi connectivity index (χ4n) is 2.36. The number of morpholine rings is 1. The minimum absolute atomic E-state index is 0.00280. The molecule has 2 amide bonds. The molecule has 2 heterocycles. The molecular formula is C12H20N2O3. The molecule has 5 heteroatoms. The van der Waals surface area contributed by atoms with Gasteiger partial charge in [-0.1, -0.05) is 6.92 Å². The van der Waals surface area contributed by atoms with E-state index in [-0.39, 0.29) is 17.7 Å². The minimum atomic E-state index is -0.120. The van der Waals surface area contributed by atoms with Gasteiger partial charge in [-0.3, -0.25) is 19.4 Å². The van der Waals surface area contributed by atoms with Gasteiger partial charge in [-0.05, 0) is 6.42 Å². The Labute approximate surface area is 102 Å². The third kappa shape index (κ3) is 3.04. The molecule has 5 nitrogen and oxygen atoms in total. The zero-order chi connectivity index (χ0) is 12.3. The first kappa shape index (κ1) is 12.5. The largest absolute Gasteiger partial charge is 0.379 e. The lowest BCUT2D eigenvalue weighted by atomic mass is 10.1. The Morgan fingerprint density at radius 2 is 1.94 bits per heavy atom. The maximum absolute atomic E-state index is 11.7. The van der Waals surface area contributed by atoms with Gasteiger partial charge in [-0.2, -0.15) is 0 Å². The van der Waals surface area contributed by atoms with Crippen LogP contribution in [0.5, 0.6) is 0 Å². The van der Waals surface area contributed by atoms with Crippen LogP contribution in [0.15, 0.2) is 0 Å². The van der Waals surface area contributed by atoms with Crippen molar-refractivity contribution in [2.24, 2.45) is 5.92 Å². The van der Waals surface area contributed by atoms with Gasteiger partial charge >= 0.3 is 0 Å². The van der Waals surface area contributed by atoms with E-state index >= 15 is 0 Å². The van der Waals surface area contributed by atoms with Crippen LogP contribution in [-0.4, -0.2) is 61.0 Å². The number of carbonyl (C=O) groups excluding carboxylic acids is 2. The summed E-state index contributed by atoms with van der Waals surface area (Å²) in [6.07, 6.45) is 1.25. The molecule has 0 aromatic heterocycles. The van der Waals surface area contributed by atoms with E-state index < -0.39 is 0 Å². The molecule has 17 heavy (non-hydrogen) atoms. The molecule has 2 aliphatic rings. The van der Waals surface area contributed by atoms with Gasteiger partial charge in [0.2, 0.25) is 11.8 Å². The molecule has 0 bridgehead atoms. The number of hydrogen-bond donors (Lipinski definition) is 0. The molecule has 1 atom stereocenters. The number of amides is 2. The Bertz CT molecular complexity index is 300. The Kier molecular flexibility index (Phi) is 4.12. The summed E-state index contributed by atoms with van der Waals surface area (Å²) in [7, 11) is 0. The second kappa shape index (κ2) is 5.60. The van der Waals surface area contributed by atoms with E-state index in [1.54, 1.807) is 0 Å². The van der Waals surface area contributed by atoms with Crippen molar-refractivity contribution in [3.63, 3.8) is 0 Å². The Morgan fingerprint density at radius 3 is 2.53 bits per heavy atom. The van der Waals surface area contributed by atoms with Crippen molar-refractivity contribution in [1.29, 1.82) is 0 Å². The third-order valence-electron chi connectivity index (χ3n) is 3.43. The van der Waals surface area contributed by atoms with E-state index in [1.807, 2.05) is 6.92 Å². The maximum atomic E-state index is 11.7. The molecule has 0 aliphatic carbocycles. The van der Waals surface area contributed by atoms with Crippen LogP contribution in [0.4, 0.5) is 0 Å². The minimum Gasteiger partial charge on any atom is -0.379 e. The number of hydrogen-bond acceptors (Lipinski definition) is 4. The van der Waals surface area contributed by atoms with E-state index in [1.165, 1.54) is 4.90 Å². The molecule has 0 aromatic rings. The first-order valence-corrected chi connectivity index (χ1v) is 6.33. The summed E-state index contributed by atoms with van der Waals surface area (Å²) in [6, 6.07) is 0. The molecule has 1 unspecified atom stereocenters. The quantitative estimate of drug-likeness (QED) is 0.654. The molecule has 2 rings (SSSR count). The third-order valence-corrected chi connectivity index (χ3v) is 3.43. The van der Waals surface area contributed by atoms with Crippen molar-refractivity contribution >= 4 is 11.8 Å². The summed E-state index contributed by atoms with van der Waals surface area (Å²) in [5.74, 6) is -0.132. The summed E-state index contributed by atoms with van der Waals surface area (Å²) in [6.45, 7) is 6.82. The fourth-order valence-corrected chi connectivity index (χ4v) is 2.36. The van der Waals surface area contributed by atoms with Gasteiger partial charge in [-0.15, -0.1) is 0 Å².